The van der Waals surface area contributed by atoms with E-state index in [1.54, 1.807) is 11.8 Å². The molecule has 0 spiro atoms. The maximum atomic E-state index is 11.9. The Morgan fingerprint density at radius 2 is 1.70 bits per heavy atom. The minimum atomic E-state index is 0.0276. The van der Waals surface area contributed by atoms with E-state index in [9.17, 15) is 4.79 Å². The average Bonchev–Trinajstić information content (AvgIpc) is 2.47. The van der Waals surface area contributed by atoms with Gasteiger partial charge in [-0.1, -0.05) is 36.8 Å². The Bertz CT molecular complexity index is 561. The fraction of sp³-hybridized carbons (Fsp3) is 0.235. The molecule has 2 aromatic carbocycles. The first-order chi connectivity index (χ1) is 9.67. The molecule has 20 heavy (non-hydrogen) atoms. The summed E-state index contributed by atoms with van der Waals surface area (Å²) in [5.41, 5.74) is 3.36. The zero-order valence-electron chi connectivity index (χ0n) is 11.8. The lowest BCUT2D eigenvalue weighted by Crippen LogP contribution is -2.13. The van der Waals surface area contributed by atoms with E-state index in [2.05, 4.69) is 31.3 Å². The Labute approximate surface area is 124 Å². The summed E-state index contributed by atoms with van der Waals surface area (Å²) in [7, 11) is 0. The molecule has 0 unspecified atom stereocenters. The molecule has 1 amide bonds. The first-order valence-electron chi connectivity index (χ1n) is 6.75. The summed E-state index contributed by atoms with van der Waals surface area (Å²) >= 11 is 1.55. The number of benzene rings is 2. The number of anilines is 1. The third kappa shape index (κ3) is 4.42. The molecule has 0 fully saturated rings. The molecule has 3 heteroatoms. The van der Waals surface area contributed by atoms with Crippen molar-refractivity contribution in [2.75, 3.05) is 11.1 Å². The van der Waals surface area contributed by atoms with Crippen LogP contribution in [0.2, 0.25) is 0 Å². The molecule has 0 aromatic heterocycles. The molecule has 0 saturated heterocycles. The monoisotopic (exact) mass is 285 g/mol. The number of aryl methyl sites for hydroxylation is 2. The van der Waals surface area contributed by atoms with Gasteiger partial charge in [-0.15, -0.1) is 11.8 Å². The van der Waals surface area contributed by atoms with Gasteiger partial charge in [-0.3, -0.25) is 4.79 Å². The second-order valence-electron chi connectivity index (χ2n) is 4.70. The van der Waals surface area contributed by atoms with E-state index in [4.69, 9.17) is 0 Å². The van der Waals surface area contributed by atoms with Crippen LogP contribution in [0.15, 0.2) is 53.4 Å². The molecule has 0 saturated carbocycles. The average molecular weight is 285 g/mol. The molecule has 0 aliphatic rings. The SMILES string of the molecule is CCc1ccc(NC(=O)CSc2ccc(C)cc2)cc1. The van der Waals surface area contributed by atoms with Crippen LogP contribution in [-0.2, 0) is 11.2 Å². The summed E-state index contributed by atoms with van der Waals surface area (Å²) in [5.74, 6) is 0.457. The van der Waals surface area contributed by atoms with Crippen molar-refractivity contribution in [3.8, 4) is 0 Å². The summed E-state index contributed by atoms with van der Waals surface area (Å²) in [4.78, 5) is 13.0. The smallest absolute Gasteiger partial charge is 0.234 e. The molecule has 0 atom stereocenters. The van der Waals surface area contributed by atoms with Crippen LogP contribution in [-0.4, -0.2) is 11.7 Å². The van der Waals surface area contributed by atoms with Crippen molar-refractivity contribution in [2.45, 2.75) is 25.2 Å². The van der Waals surface area contributed by atoms with Crippen molar-refractivity contribution in [3.05, 3.63) is 59.7 Å². The summed E-state index contributed by atoms with van der Waals surface area (Å²) in [6.07, 6.45) is 1.01. The maximum absolute atomic E-state index is 11.9. The Kier molecular flexibility index (Phi) is 5.24. The molecular weight excluding hydrogens is 266 g/mol. The molecule has 104 valence electrons. The van der Waals surface area contributed by atoms with Crippen LogP contribution in [0, 0.1) is 6.92 Å². The van der Waals surface area contributed by atoms with Crippen LogP contribution in [0.4, 0.5) is 5.69 Å². The van der Waals surface area contributed by atoms with Gasteiger partial charge in [0.05, 0.1) is 5.75 Å². The highest BCUT2D eigenvalue weighted by molar-refractivity contribution is 8.00. The van der Waals surface area contributed by atoms with Gasteiger partial charge < -0.3 is 5.32 Å². The molecule has 2 rings (SSSR count). The normalized spacial score (nSPS) is 10.3. The number of carbonyl (C=O) groups is 1. The highest BCUT2D eigenvalue weighted by atomic mass is 32.2. The van der Waals surface area contributed by atoms with Gasteiger partial charge >= 0.3 is 0 Å². The van der Waals surface area contributed by atoms with Crippen LogP contribution in [0.3, 0.4) is 0 Å². The second kappa shape index (κ2) is 7.15. The number of amides is 1. The summed E-state index contributed by atoms with van der Waals surface area (Å²) in [5, 5.41) is 2.92. The van der Waals surface area contributed by atoms with Gasteiger partial charge in [0.2, 0.25) is 5.91 Å². The summed E-state index contributed by atoms with van der Waals surface area (Å²) in [6.45, 7) is 4.17. The highest BCUT2D eigenvalue weighted by Crippen LogP contribution is 2.18. The zero-order valence-corrected chi connectivity index (χ0v) is 12.7. The van der Waals surface area contributed by atoms with E-state index >= 15 is 0 Å². The van der Waals surface area contributed by atoms with Crippen molar-refractivity contribution < 1.29 is 4.79 Å². The molecule has 1 N–H and O–H groups in total. The van der Waals surface area contributed by atoms with Gasteiger partial charge in [-0.05, 0) is 43.2 Å². The topological polar surface area (TPSA) is 29.1 Å². The quantitative estimate of drug-likeness (QED) is 0.830. The number of thioether (sulfide) groups is 1. The van der Waals surface area contributed by atoms with Gasteiger partial charge in [-0.25, -0.2) is 0 Å². The number of hydrogen-bond donors (Lipinski definition) is 1. The molecule has 2 nitrogen and oxygen atoms in total. The van der Waals surface area contributed by atoms with Gasteiger partial charge in [0.25, 0.3) is 0 Å². The van der Waals surface area contributed by atoms with Crippen LogP contribution in [0.5, 0.6) is 0 Å². The van der Waals surface area contributed by atoms with Gasteiger partial charge in [0.1, 0.15) is 0 Å². The molecule has 0 aliphatic heterocycles. The number of hydrogen-bond acceptors (Lipinski definition) is 2. The minimum absolute atomic E-state index is 0.0276. The fourth-order valence-electron chi connectivity index (χ4n) is 1.80. The van der Waals surface area contributed by atoms with Crippen molar-refractivity contribution in [1.82, 2.24) is 0 Å². The molecule has 0 heterocycles. The molecule has 0 radical (unpaired) electrons. The Balaban J connectivity index is 1.84. The Morgan fingerprint density at radius 3 is 2.30 bits per heavy atom. The van der Waals surface area contributed by atoms with Crippen LogP contribution in [0.25, 0.3) is 0 Å². The number of rotatable bonds is 5. The third-order valence-corrected chi connectivity index (χ3v) is 4.05. The predicted octanol–water partition coefficient (Wildman–Crippen LogP) is 4.29. The van der Waals surface area contributed by atoms with Crippen molar-refractivity contribution >= 4 is 23.4 Å². The zero-order chi connectivity index (χ0) is 14.4. The van der Waals surface area contributed by atoms with Gasteiger partial charge in [0, 0.05) is 10.6 Å². The summed E-state index contributed by atoms with van der Waals surface area (Å²) in [6, 6.07) is 16.2. The van der Waals surface area contributed by atoms with Crippen molar-refractivity contribution in [2.24, 2.45) is 0 Å². The minimum Gasteiger partial charge on any atom is -0.325 e. The van der Waals surface area contributed by atoms with Gasteiger partial charge in [0.15, 0.2) is 0 Å². The number of nitrogens with one attached hydrogen (secondary N) is 1. The fourth-order valence-corrected chi connectivity index (χ4v) is 2.50. The van der Waals surface area contributed by atoms with Gasteiger partial charge in [-0.2, -0.15) is 0 Å². The molecule has 0 aliphatic carbocycles. The van der Waals surface area contributed by atoms with E-state index < -0.39 is 0 Å². The van der Waals surface area contributed by atoms with E-state index in [1.165, 1.54) is 11.1 Å². The lowest BCUT2D eigenvalue weighted by Gasteiger charge is -2.06. The molecule has 0 bridgehead atoms. The lowest BCUT2D eigenvalue weighted by atomic mass is 10.1. The standard InChI is InChI=1S/C17H19NOS/c1-3-14-6-8-15(9-7-14)18-17(19)12-20-16-10-4-13(2)5-11-16/h4-11H,3,12H2,1-2H3,(H,18,19). The summed E-state index contributed by atoms with van der Waals surface area (Å²) < 4.78 is 0. The molecular formula is C17H19NOS. The molecule has 2 aromatic rings. The Morgan fingerprint density at radius 1 is 1.05 bits per heavy atom. The first kappa shape index (κ1) is 14.7. The largest absolute Gasteiger partial charge is 0.325 e. The second-order valence-corrected chi connectivity index (χ2v) is 5.75. The van der Waals surface area contributed by atoms with Crippen LogP contribution in [0.1, 0.15) is 18.1 Å². The van der Waals surface area contributed by atoms with E-state index in [0.717, 1.165) is 17.0 Å². The van der Waals surface area contributed by atoms with Crippen LogP contribution >= 0.6 is 11.8 Å². The van der Waals surface area contributed by atoms with E-state index in [0.29, 0.717) is 5.75 Å². The Hall–Kier alpha value is -1.74. The van der Waals surface area contributed by atoms with Crippen LogP contribution < -0.4 is 5.32 Å². The lowest BCUT2D eigenvalue weighted by molar-refractivity contribution is -0.113. The van der Waals surface area contributed by atoms with E-state index in [-0.39, 0.29) is 5.91 Å². The number of carbonyl (C=O) groups excluding carboxylic acids is 1. The maximum Gasteiger partial charge on any atom is 0.234 e. The van der Waals surface area contributed by atoms with E-state index in [1.807, 2.05) is 36.4 Å². The first-order valence-corrected chi connectivity index (χ1v) is 7.74. The van der Waals surface area contributed by atoms with Crippen molar-refractivity contribution in [1.29, 1.82) is 0 Å². The third-order valence-electron chi connectivity index (χ3n) is 3.04. The predicted molar refractivity (Wildman–Crippen MR) is 86.4 cm³/mol. The van der Waals surface area contributed by atoms with Crippen molar-refractivity contribution in [3.63, 3.8) is 0 Å². The highest BCUT2D eigenvalue weighted by Gasteiger charge is 2.03.